The molecule has 0 radical (unpaired) electrons. The van der Waals surface area contributed by atoms with Gasteiger partial charge in [0.05, 0.1) is 10.9 Å². The SMILES string of the molecule is COCCCn1c(=S)[nH]c2cc(C(=O)N(C)Cc3ccccc3N3CCCCC3)ccc2c1=O. The molecule has 180 valence electrons. The minimum atomic E-state index is -0.155. The van der Waals surface area contributed by atoms with Crippen LogP contribution in [0.1, 0.15) is 41.6 Å². The summed E-state index contributed by atoms with van der Waals surface area (Å²) in [7, 11) is 3.45. The summed E-state index contributed by atoms with van der Waals surface area (Å²) in [5.41, 5.74) is 3.29. The van der Waals surface area contributed by atoms with Gasteiger partial charge in [0, 0.05) is 58.2 Å². The van der Waals surface area contributed by atoms with E-state index in [-0.39, 0.29) is 11.5 Å². The molecule has 8 heteroatoms. The van der Waals surface area contributed by atoms with E-state index in [0.29, 0.717) is 47.4 Å². The van der Waals surface area contributed by atoms with Gasteiger partial charge >= 0.3 is 0 Å². The molecule has 0 atom stereocenters. The van der Waals surface area contributed by atoms with Crippen molar-refractivity contribution >= 4 is 34.7 Å². The van der Waals surface area contributed by atoms with E-state index >= 15 is 0 Å². The van der Waals surface area contributed by atoms with Crippen LogP contribution in [0.4, 0.5) is 5.69 Å². The Morgan fingerprint density at radius 3 is 2.68 bits per heavy atom. The smallest absolute Gasteiger partial charge is 0.262 e. The van der Waals surface area contributed by atoms with Crippen LogP contribution in [0.25, 0.3) is 10.9 Å². The maximum Gasteiger partial charge on any atom is 0.262 e. The van der Waals surface area contributed by atoms with E-state index in [1.165, 1.54) is 24.9 Å². The Morgan fingerprint density at radius 1 is 1.15 bits per heavy atom. The minimum Gasteiger partial charge on any atom is -0.385 e. The molecule has 2 aromatic carbocycles. The number of nitrogens with one attached hydrogen (secondary N) is 1. The molecule has 1 aromatic heterocycles. The summed E-state index contributed by atoms with van der Waals surface area (Å²) in [5, 5.41) is 0.515. The highest BCUT2D eigenvalue weighted by molar-refractivity contribution is 7.71. The zero-order chi connectivity index (χ0) is 24.1. The van der Waals surface area contributed by atoms with Crippen molar-refractivity contribution in [3.63, 3.8) is 0 Å². The molecule has 1 saturated heterocycles. The van der Waals surface area contributed by atoms with E-state index in [2.05, 4.69) is 28.1 Å². The number of benzene rings is 2. The molecular formula is C26H32N4O3S. The van der Waals surface area contributed by atoms with Crippen molar-refractivity contribution in [1.82, 2.24) is 14.5 Å². The summed E-state index contributed by atoms with van der Waals surface area (Å²) in [4.78, 5) is 33.5. The van der Waals surface area contributed by atoms with Gasteiger partial charge in [-0.05, 0) is 67.7 Å². The van der Waals surface area contributed by atoms with Crippen molar-refractivity contribution in [2.24, 2.45) is 0 Å². The second-order valence-electron chi connectivity index (χ2n) is 8.83. The second-order valence-corrected chi connectivity index (χ2v) is 9.22. The van der Waals surface area contributed by atoms with Gasteiger partial charge in [-0.25, -0.2) is 0 Å². The molecular weight excluding hydrogens is 448 g/mol. The van der Waals surface area contributed by atoms with Crippen LogP contribution in [0, 0.1) is 4.77 Å². The minimum absolute atomic E-state index is 0.0982. The zero-order valence-corrected chi connectivity index (χ0v) is 20.7. The molecule has 1 fully saturated rings. The van der Waals surface area contributed by atoms with Gasteiger partial charge in [-0.3, -0.25) is 14.2 Å². The first-order valence-corrected chi connectivity index (χ1v) is 12.2. The average Bonchev–Trinajstić information content (AvgIpc) is 2.86. The predicted octanol–water partition coefficient (Wildman–Crippen LogP) is 4.36. The number of hydrogen-bond donors (Lipinski definition) is 1. The standard InChI is InChI=1S/C26H32N4O3S/c1-28(18-20-9-4-5-10-23(20)29-13-6-3-7-14-29)24(31)19-11-12-21-22(17-19)27-26(34)30(25(21)32)15-8-16-33-2/h4-5,9-12,17H,3,6-8,13-16,18H2,1-2H3,(H,27,34). The van der Waals surface area contributed by atoms with Crippen molar-refractivity contribution in [3.05, 3.63) is 68.7 Å². The number of piperidine rings is 1. The quantitative estimate of drug-likeness (QED) is 0.383. The molecule has 2 heterocycles. The predicted molar refractivity (Wildman–Crippen MR) is 138 cm³/mol. The number of ether oxygens (including phenoxy) is 1. The van der Waals surface area contributed by atoms with Gasteiger partial charge in [-0.2, -0.15) is 0 Å². The van der Waals surface area contributed by atoms with Crippen molar-refractivity contribution in [2.45, 2.75) is 38.8 Å². The third-order valence-corrected chi connectivity index (χ3v) is 6.72. The van der Waals surface area contributed by atoms with Gasteiger partial charge in [-0.15, -0.1) is 0 Å². The van der Waals surface area contributed by atoms with Crippen molar-refractivity contribution in [2.75, 3.05) is 38.8 Å². The van der Waals surface area contributed by atoms with Gasteiger partial charge in [0.15, 0.2) is 4.77 Å². The lowest BCUT2D eigenvalue weighted by Gasteiger charge is -2.31. The van der Waals surface area contributed by atoms with Gasteiger partial charge in [0.1, 0.15) is 0 Å². The maximum absolute atomic E-state index is 13.3. The number of para-hydroxylation sites is 1. The van der Waals surface area contributed by atoms with E-state index < -0.39 is 0 Å². The Morgan fingerprint density at radius 2 is 1.91 bits per heavy atom. The third kappa shape index (κ3) is 5.23. The van der Waals surface area contributed by atoms with E-state index in [0.717, 1.165) is 18.7 Å². The number of aromatic amines is 1. The summed E-state index contributed by atoms with van der Waals surface area (Å²) in [5.74, 6) is -0.0982. The molecule has 1 N–H and O–H groups in total. The highest BCUT2D eigenvalue weighted by Crippen LogP contribution is 2.25. The first-order valence-electron chi connectivity index (χ1n) is 11.8. The van der Waals surface area contributed by atoms with E-state index in [1.54, 1.807) is 34.8 Å². The van der Waals surface area contributed by atoms with Crippen LogP contribution in [0.3, 0.4) is 0 Å². The monoisotopic (exact) mass is 480 g/mol. The first kappa shape index (κ1) is 24.2. The van der Waals surface area contributed by atoms with Crippen LogP contribution in [-0.2, 0) is 17.8 Å². The van der Waals surface area contributed by atoms with Crippen LogP contribution in [-0.4, -0.2) is 54.2 Å². The van der Waals surface area contributed by atoms with E-state index in [1.807, 2.05) is 13.1 Å². The van der Waals surface area contributed by atoms with E-state index in [9.17, 15) is 9.59 Å². The Bertz CT molecular complexity index is 1280. The number of carbonyl (C=O) groups excluding carboxylic acids is 1. The molecule has 3 aromatic rings. The number of amides is 1. The number of H-pyrrole nitrogens is 1. The van der Waals surface area contributed by atoms with Gasteiger partial charge in [-0.1, -0.05) is 18.2 Å². The summed E-state index contributed by atoms with van der Waals surface area (Å²) in [6.07, 6.45) is 4.38. The Kier molecular flexibility index (Phi) is 7.80. The normalized spacial score (nSPS) is 13.9. The largest absolute Gasteiger partial charge is 0.385 e. The molecule has 1 aliphatic heterocycles. The second kappa shape index (κ2) is 11.0. The highest BCUT2D eigenvalue weighted by atomic mass is 32.1. The lowest BCUT2D eigenvalue weighted by molar-refractivity contribution is 0.0785. The molecule has 0 spiro atoms. The topological polar surface area (TPSA) is 70.6 Å². The van der Waals surface area contributed by atoms with Crippen LogP contribution < -0.4 is 10.5 Å². The Hall–Kier alpha value is -2.97. The van der Waals surface area contributed by atoms with Crippen LogP contribution >= 0.6 is 12.2 Å². The molecule has 0 saturated carbocycles. The first-order chi connectivity index (χ1) is 16.5. The number of fused-ring (bicyclic) bond motifs is 1. The fourth-order valence-electron chi connectivity index (χ4n) is 4.59. The number of aromatic nitrogens is 2. The number of hydrogen-bond acceptors (Lipinski definition) is 5. The van der Waals surface area contributed by atoms with Crippen molar-refractivity contribution in [3.8, 4) is 0 Å². The van der Waals surface area contributed by atoms with Crippen LogP contribution in [0.5, 0.6) is 0 Å². The van der Waals surface area contributed by atoms with Crippen LogP contribution in [0.2, 0.25) is 0 Å². The fraction of sp³-hybridized carbons (Fsp3) is 0.423. The lowest BCUT2D eigenvalue weighted by Crippen LogP contribution is -2.32. The average molecular weight is 481 g/mol. The molecule has 1 amide bonds. The lowest BCUT2D eigenvalue weighted by atomic mass is 10.1. The van der Waals surface area contributed by atoms with E-state index in [4.69, 9.17) is 17.0 Å². The summed E-state index contributed by atoms with van der Waals surface area (Å²) in [6.45, 7) is 3.67. The molecule has 0 aliphatic carbocycles. The molecule has 7 nitrogen and oxygen atoms in total. The fourth-order valence-corrected chi connectivity index (χ4v) is 4.88. The molecule has 1 aliphatic rings. The van der Waals surface area contributed by atoms with Gasteiger partial charge < -0.3 is 19.5 Å². The molecule has 34 heavy (non-hydrogen) atoms. The third-order valence-electron chi connectivity index (χ3n) is 6.40. The van der Waals surface area contributed by atoms with Crippen LogP contribution in [0.15, 0.2) is 47.3 Å². The highest BCUT2D eigenvalue weighted by Gasteiger charge is 2.18. The van der Waals surface area contributed by atoms with Crippen molar-refractivity contribution < 1.29 is 9.53 Å². The number of rotatable bonds is 8. The number of anilines is 1. The van der Waals surface area contributed by atoms with Gasteiger partial charge in [0.2, 0.25) is 0 Å². The maximum atomic E-state index is 13.3. The Labute approximate surface area is 205 Å². The Balaban J connectivity index is 1.55. The molecule has 4 rings (SSSR count). The summed E-state index contributed by atoms with van der Waals surface area (Å²) < 4.78 is 6.97. The summed E-state index contributed by atoms with van der Waals surface area (Å²) in [6, 6.07) is 13.5. The summed E-state index contributed by atoms with van der Waals surface area (Å²) >= 11 is 5.41. The van der Waals surface area contributed by atoms with Crippen molar-refractivity contribution in [1.29, 1.82) is 0 Å². The van der Waals surface area contributed by atoms with Gasteiger partial charge in [0.25, 0.3) is 11.5 Å². The number of methoxy groups -OCH3 is 1. The zero-order valence-electron chi connectivity index (χ0n) is 19.9. The molecule has 0 bridgehead atoms. The molecule has 0 unspecified atom stereocenters. The number of carbonyl (C=O) groups is 1. The number of nitrogens with zero attached hydrogens (tertiary/aromatic N) is 3.